The van der Waals surface area contributed by atoms with E-state index in [2.05, 4.69) is 13.8 Å². The molecule has 0 saturated carbocycles. The third kappa shape index (κ3) is 2.61. The molecule has 1 aromatic carbocycles. The van der Waals surface area contributed by atoms with Gasteiger partial charge in [-0.2, -0.15) is 0 Å². The summed E-state index contributed by atoms with van der Waals surface area (Å²) in [5, 5.41) is 0. The average molecular weight is 285 g/mol. The third-order valence-electron chi connectivity index (χ3n) is 5.00. The number of ketones is 1. The highest BCUT2D eigenvalue weighted by atomic mass is 16.2. The fraction of sp³-hybridized carbons (Fsp3) is 0.556. The largest absolute Gasteiger partial charge is 0.338 e. The minimum Gasteiger partial charge on any atom is -0.338 e. The van der Waals surface area contributed by atoms with Gasteiger partial charge in [0.1, 0.15) is 0 Å². The smallest absolute Gasteiger partial charge is 0.254 e. The van der Waals surface area contributed by atoms with Crippen LogP contribution in [0.15, 0.2) is 18.2 Å². The van der Waals surface area contributed by atoms with Crippen LogP contribution in [0.4, 0.5) is 0 Å². The van der Waals surface area contributed by atoms with E-state index in [0.717, 1.165) is 42.6 Å². The number of carbonyl (C=O) groups is 2. The second kappa shape index (κ2) is 5.63. The van der Waals surface area contributed by atoms with E-state index < -0.39 is 0 Å². The molecule has 1 heterocycles. The van der Waals surface area contributed by atoms with Crippen LogP contribution in [0.3, 0.4) is 0 Å². The Hall–Kier alpha value is -1.64. The fourth-order valence-corrected chi connectivity index (χ4v) is 3.60. The molecule has 1 aromatic rings. The Kier molecular flexibility index (Phi) is 3.83. The predicted octanol–water partition coefficient (Wildman–Crippen LogP) is 3.32. The number of fused-ring (bicyclic) bond motifs is 1. The van der Waals surface area contributed by atoms with Crippen LogP contribution < -0.4 is 0 Å². The van der Waals surface area contributed by atoms with Crippen molar-refractivity contribution in [2.75, 3.05) is 13.1 Å². The number of piperidine rings is 1. The lowest BCUT2D eigenvalue weighted by Crippen LogP contribution is -2.41. The van der Waals surface area contributed by atoms with Crippen LogP contribution >= 0.6 is 0 Å². The minimum absolute atomic E-state index is 0.118. The number of rotatable bonds is 2. The number of hydrogen-bond donors (Lipinski definition) is 0. The van der Waals surface area contributed by atoms with Crippen molar-refractivity contribution in [2.45, 2.75) is 39.5 Å². The molecule has 2 aliphatic rings. The highest BCUT2D eigenvalue weighted by Crippen LogP contribution is 2.29. The molecule has 1 aliphatic heterocycles. The van der Waals surface area contributed by atoms with E-state index in [0.29, 0.717) is 18.3 Å². The lowest BCUT2D eigenvalue weighted by Gasteiger charge is -2.35. The van der Waals surface area contributed by atoms with Gasteiger partial charge in [0.15, 0.2) is 5.78 Å². The maximum absolute atomic E-state index is 12.8. The van der Waals surface area contributed by atoms with Crippen LogP contribution in [0.5, 0.6) is 0 Å². The molecular formula is C18H23NO2. The summed E-state index contributed by atoms with van der Waals surface area (Å²) in [6.45, 7) is 6.17. The molecule has 3 nitrogen and oxygen atoms in total. The van der Waals surface area contributed by atoms with Crippen molar-refractivity contribution in [1.82, 2.24) is 4.90 Å². The summed E-state index contributed by atoms with van der Waals surface area (Å²) < 4.78 is 0. The second-order valence-electron chi connectivity index (χ2n) is 6.65. The summed E-state index contributed by atoms with van der Waals surface area (Å²) in [7, 11) is 0. The molecule has 1 aliphatic carbocycles. The van der Waals surface area contributed by atoms with E-state index in [1.807, 2.05) is 23.1 Å². The van der Waals surface area contributed by atoms with Crippen molar-refractivity contribution in [2.24, 2.45) is 11.8 Å². The Morgan fingerprint density at radius 1 is 1.29 bits per heavy atom. The standard InChI is InChI=1S/C18H23NO2/c1-12(2)13-5-4-10-19(11-13)18(21)16-7-3-6-15-14(16)8-9-17(15)20/h3,6-7,12-13H,4-5,8-11H2,1-2H3/t13-/m0/s1. The molecule has 3 heteroatoms. The summed E-state index contributed by atoms with van der Waals surface area (Å²) in [6.07, 6.45) is 3.57. The Labute approximate surface area is 126 Å². The van der Waals surface area contributed by atoms with Gasteiger partial charge >= 0.3 is 0 Å². The zero-order chi connectivity index (χ0) is 15.0. The van der Waals surface area contributed by atoms with Crippen LogP contribution in [0, 0.1) is 11.8 Å². The number of amides is 1. The van der Waals surface area contributed by atoms with Gasteiger partial charge in [0.25, 0.3) is 5.91 Å². The molecule has 1 amide bonds. The van der Waals surface area contributed by atoms with Crippen molar-refractivity contribution in [1.29, 1.82) is 0 Å². The molecule has 0 spiro atoms. The van der Waals surface area contributed by atoms with Gasteiger partial charge in [-0.3, -0.25) is 9.59 Å². The average Bonchev–Trinajstić information content (AvgIpc) is 2.88. The van der Waals surface area contributed by atoms with Gasteiger partial charge in [0.2, 0.25) is 0 Å². The monoisotopic (exact) mass is 285 g/mol. The first-order chi connectivity index (χ1) is 10.1. The molecule has 0 radical (unpaired) electrons. The summed E-state index contributed by atoms with van der Waals surface area (Å²) in [6, 6.07) is 5.59. The molecule has 0 N–H and O–H groups in total. The number of likely N-dealkylation sites (tertiary alicyclic amines) is 1. The summed E-state index contributed by atoms with van der Waals surface area (Å²) >= 11 is 0. The van der Waals surface area contributed by atoms with Gasteiger partial charge in [-0.1, -0.05) is 26.0 Å². The highest BCUT2D eigenvalue weighted by molar-refractivity contribution is 6.05. The van der Waals surface area contributed by atoms with Crippen LogP contribution in [0.2, 0.25) is 0 Å². The van der Waals surface area contributed by atoms with E-state index in [1.165, 1.54) is 6.42 Å². The molecule has 1 fully saturated rings. The number of benzene rings is 1. The predicted molar refractivity (Wildman–Crippen MR) is 82.6 cm³/mol. The molecule has 0 bridgehead atoms. The zero-order valence-electron chi connectivity index (χ0n) is 12.9. The van der Waals surface area contributed by atoms with Crippen molar-refractivity contribution in [3.05, 3.63) is 34.9 Å². The molecule has 3 rings (SSSR count). The maximum atomic E-state index is 12.8. The van der Waals surface area contributed by atoms with Crippen molar-refractivity contribution < 1.29 is 9.59 Å². The van der Waals surface area contributed by atoms with Gasteiger partial charge in [-0.25, -0.2) is 0 Å². The Morgan fingerprint density at radius 3 is 2.86 bits per heavy atom. The van der Waals surface area contributed by atoms with E-state index in [-0.39, 0.29) is 11.7 Å². The van der Waals surface area contributed by atoms with E-state index >= 15 is 0 Å². The Balaban J connectivity index is 1.85. The van der Waals surface area contributed by atoms with Gasteiger partial charge in [0.05, 0.1) is 0 Å². The molecule has 21 heavy (non-hydrogen) atoms. The van der Waals surface area contributed by atoms with Crippen molar-refractivity contribution in [3.63, 3.8) is 0 Å². The number of Topliss-reactive ketones (excluding diaryl/α,β-unsaturated/α-hetero) is 1. The second-order valence-corrected chi connectivity index (χ2v) is 6.65. The summed E-state index contributed by atoms with van der Waals surface area (Å²) in [4.78, 5) is 26.7. The summed E-state index contributed by atoms with van der Waals surface area (Å²) in [5.41, 5.74) is 2.49. The number of carbonyl (C=O) groups excluding carboxylic acids is 2. The van der Waals surface area contributed by atoms with Crippen LogP contribution in [0.25, 0.3) is 0 Å². The molecule has 1 atom stereocenters. The normalized spacial score (nSPS) is 21.8. The van der Waals surface area contributed by atoms with Crippen molar-refractivity contribution in [3.8, 4) is 0 Å². The molecular weight excluding hydrogens is 262 g/mol. The minimum atomic E-state index is 0.118. The molecule has 0 unspecified atom stereocenters. The van der Waals surface area contributed by atoms with Crippen LogP contribution in [-0.2, 0) is 6.42 Å². The van der Waals surface area contributed by atoms with Crippen LogP contribution in [-0.4, -0.2) is 29.7 Å². The number of hydrogen-bond acceptors (Lipinski definition) is 2. The first kappa shape index (κ1) is 14.3. The van der Waals surface area contributed by atoms with Gasteiger partial charge < -0.3 is 4.90 Å². The van der Waals surface area contributed by atoms with Gasteiger partial charge in [-0.15, -0.1) is 0 Å². The molecule has 1 saturated heterocycles. The quantitative estimate of drug-likeness (QED) is 0.836. The third-order valence-corrected chi connectivity index (χ3v) is 5.00. The van der Waals surface area contributed by atoms with E-state index in [1.54, 1.807) is 0 Å². The lowest BCUT2D eigenvalue weighted by molar-refractivity contribution is 0.0640. The fourth-order valence-electron chi connectivity index (χ4n) is 3.60. The first-order valence-corrected chi connectivity index (χ1v) is 8.02. The van der Waals surface area contributed by atoms with E-state index in [9.17, 15) is 9.59 Å². The van der Waals surface area contributed by atoms with Gasteiger partial charge in [-0.05, 0) is 42.7 Å². The number of nitrogens with zero attached hydrogens (tertiary/aromatic N) is 1. The molecule has 0 aromatic heterocycles. The Bertz CT molecular complexity index is 577. The first-order valence-electron chi connectivity index (χ1n) is 8.02. The lowest BCUT2D eigenvalue weighted by atomic mass is 9.87. The molecule has 112 valence electrons. The Morgan fingerprint density at radius 2 is 2.10 bits per heavy atom. The topological polar surface area (TPSA) is 37.4 Å². The maximum Gasteiger partial charge on any atom is 0.254 e. The SMILES string of the molecule is CC(C)[C@H]1CCCN(C(=O)c2cccc3c2CCC3=O)C1. The van der Waals surface area contributed by atoms with Gasteiger partial charge in [0, 0.05) is 30.6 Å². The van der Waals surface area contributed by atoms with E-state index in [4.69, 9.17) is 0 Å². The zero-order valence-corrected chi connectivity index (χ0v) is 12.9. The van der Waals surface area contributed by atoms with Crippen molar-refractivity contribution >= 4 is 11.7 Å². The highest BCUT2D eigenvalue weighted by Gasteiger charge is 2.30. The van der Waals surface area contributed by atoms with Crippen LogP contribution in [0.1, 0.15) is 59.4 Å². The summed E-state index contributed by atoms with van der Waals surface area (Å²) in [5.74, 6) is 1.51.